The highest BCUT2D eigenvalue weighted by atomic mass is 35.5. The van der Waals surface area contributed by atoms with Gasteiger partial charge in [-0.1, -0.05) is 28.5 Å². The molecule has 0 atom stereocenters. The quantitative estimate of drug-likeness (QED) is 0.279. The highest BCUT2D eigenvalue weighted by Gasteiger charge is 2.03. The lowest BCUT2D eigenvalue weighted by Crippen LogP contribution is -2.01. The first kappa shape index (κ1) is 14.5. The molecule has 0 spiro atoms. The zero-order chi connectivity index (χ0) is 14.4. The molecule has 0 aliphatic heterocycles. The SMILES string of the molecule is CSc1nccc(O/N=C/C(=O)c2ccc(Cl)cc2)n1. The highest BCUT2D eigenvalue weighted by Crippen LogP contribution is 2.12. The number of Topliss-reactive ketones (excluding diaryl/α,β-unsaturated/α-hetero) is 1. The fourth-order valence-electron chi connectivity index (χ4n) is 1.29. The molecule has 1 heterocycles. The molecule has 1 aromatic carbocycles. The summed E-state index contributed by atoms with van der Waals surface area (Å²) in [6.45, 7) is 0. The zero-order valence-electron chi connectivity index (χ0n) is 10.5. The molecule has 7 heteroatoms. The molecule has 0 unspecified atom stereocenters. The van der Waals surface area contributed by atoms with Crippen LogP contribution in [0.5, 0.6) is 5.88 Å². The summed E-state index contributed by atoms with van der Waals surface area (Å²) in [6.07, 6.45) is 4.50. The molecule has 0 bridgehead atoms. The second kappa shape index (κ2) is 7.02. The van der Waals surface area contributed by atoms with Crippen LogP contribution in [0.1, 0.15) is 10.4 Å². The number of aromatic nitrogens is 2. The van der Waals surface area contributed by atoms with Crippen LogP contribution in [0, 0.1) is 0 Å². The van der Waals surface area contributed by atoms with Gasteiger partial charge in [0.25, 0.3) is 5.88 Å². The largest absolute Gasteiger partial charge is 0.336 e. The summed E-state index contributed by atoms with van der Waals surface area (Å²) in [4.78, 5) is 24.8. The Morgan fingerprint density at radius 1 is 1.35 bits per heavy atom. The Balaban J connectivity index is 1.99. The third-order valence-electron chi connectivity index (χ3n) is 2.24. The van der Waals surface area contributed by atoms with Crippen LogP contribution >= 0.6 is 23.4 Å². The smallest absolute Gasteiger partial charge is 0.252 e. The van der Waals surface area contributed by atoms with Crippen LogP contribution in [0.3, 0.4) is 0 Å². The van der Waals surface area contributed by atoms with E-state index in [9.17, 15) is 4.79 Å². The van der Waals surface area contributed by atoms with Crippen molar-refractivity contribution in [3.63, 3.8) is 0 Å². The Morgan fingerprint density at radius 3 is 2.80 bits per heavy atom. The maximum absolute atomic E-state index is 11.8. The van der Waals surface area contributed by atoms with Gasteiger partial charge in [0.2, 0.25) is 5.78 Å². The number of hydrogen-bond donors (Lipinski definition) is 0. The van der Waals surface area contributed by atoms with E-state index in [4.69, 9.17) is 16.4 Å². The maximum atomic E-state index is 11.8. The molecule has 0 N–H and O–H groups in total. The van der Waals surface area contributed by atoms with Gasteiger partial charge in [0, 0.05) is 22.8 Å². The van der Waals surface area contributed by atoms with Crippen LogP contribution in [-0.4, -0.2) is 28.2 Å². The number of oxime groups is 1. The van der Waals surface area contributed by atoms with Gasteiger partial charge < -0.3 is 4.84 Å². The number of ketones is 1. The fraction of sp³-hybridized carbons (Fsp3) is 0.0769. The van der Waals surface area contributed by atoms with E-state index < -0.39 is 0 Å². The van der Waals surface area contributed by atoms with Crippen molar-refractivity contribution in [1.82, 2.24) is 9.97 Å². The number of nitrogens with zero attached hydrogens (tertiary/aromatic N) is 3. The number of thioether (sulfide) groups is 1. The molecule has 0 saturated heterocycles. The van der Waals surface area contributed by atoms with E-state index in [1.54, 1.807) is 36.5 Å². The molecule has 0 saturated carbocycles. The molecule has 0 aliphatic rings. The third kappa shape index (κ3) is 4.04. The van der Waals surface area contributed by atoms with E-state index in [2.05, 4.69) is 15.1 Å². The van der Waals surface area contributed by atoms with E-state index in [1.807, 2.05) is 6.26 Å². The van der Waals surface area contributed by atoms with Crippen LogP contribution in [-0.2, 0) is 0 Å². The summed E-state index contributed by atoms with van der Waals surface area (Å²) in [5.74, 6) is 0.00492. The lowest BCUT2D eigenvalue weighted by molar-refractivity contribution is 0.106. The molecule has 2 aromatic rings. The molecule has 2 rings (SSSR count). The van der Waals surface area contributed by atoms with E-state index >= 15 is 0 Å². The van der Waals surface area contributed by atoms with E-state index in [1.165, 1.54) is 11.8 Å². The van der Waals surface area contributed by atoms with Gasteiger partial charge in [0.15, 0.2) is 5.16 Å². The van der Waals surface area contributed by atoms with Gasteiger partial charge in [-0.2, -0.15) is 4.98 Å². The number of rotatable bonds is 5. The number of benzene rings is 1. The normalized spacial score (nSPS) is 10.7. The summed E-state index contributed by atoms with van der Waals surface area (Å²) >= 11 is 7.13. The first-order chi connectivity index (χ1) is 9.69. The topological polar surface area (TPSA) is 64.4 Å². The Kier molecular flexibility index (Phi) is 5.09. The molecule has 0 fully saturated rings. The maximum Gasteiger partial charge on any atom is 0.252 e. The monoisotopic (exact) mass is 307 g/mol. The second-order valence-corrected chi connectivity index (χ2v) is 4.79. The molecule has 0 aliphatic carbocycles. The van der Waals surface area contributed by atoms with Gasteiger partial charge >= 0.3 is 0 Å². The molecule has 0 amide bonds. The van der Waals surface area contributed by atoms with Gasteiger partial charge in [-0.3, -0.25) is 4.79 Å². The van der Waals surface area contributed by atoms with E-state index in [-0.39, 0.29) is 11.7 Å². The highest BCUT2D eigenvalue weighted by molar-refractivity contribution is 7.98. The van der Waals surface area contributed by atoms with Gasteiger partial charge in [-0.25, -0.2) is 4.98 Å². The molecule has 102 valence electrons. The molecule has 20 heavy (non-hydrogen) atoms. The number of carbonyl (C=O) groups is 1. The average molecular weight is 308 g/mol. The van der Waals surface area contributed by atoms with Gasteiger partial charge in [0.1, 0.15) is 6.21 Å². The fourth-order valence-corrected chi connectivity index (χ4v) is 1.76. The van der Waals surface area contributed by atoms with Gasteiger partial charge in [-0.15, -0.1) is 0 Å². The predicted octanol–water partition coefficient (Wildman–Crippen LogP) is 3.10. The first-order valence-electron chi connectivity index (χ1n) is 5.56. The summed E-state index contributed by atoms with van der Waals surface area (Å²) in [7, 11) is 0. The standard InChI is InChI=1S/C13H10ClN3O2S/c1-20-13-15-7-6-12(17-13)19-16-8-11(18)9-2-4-10(14)5-3-9/h2-8H,1H3/b16-8+. The Morgan fingerprint density at radius 2 is 2.10 bits per heavy atom. The van der Waals surface area contributed by atoms with E-state index in [0.717, 1.165) is 6.21 Å². The molecule has 0 radical (unpaired) electrons. The summed E-state index contributed by atoms with van der Waals surface area (Å²) in [5.41, 5.74) is 0.481. The Hall–Kier alpha value is -1.92. The number of hydrogen-bond acceptors (Lipinski definition) is 6. The lowest BCUT2D eigenvalue weighted by Gasteiger charge is -1.98. The number of carbonyl (C=O) groups excluding carboxylic acids is 1. The van der Waals surface area contributed by atoms with Crippen molar-refractivity contribution in [3.05, 3.63) is 47.1 Å². The van der Waals surface area contributed by atoms with Crippen LogP contribution in [0.2, 0.25) is 5.02 Å². The predicted molar refractivity (Wildman–Crippen MR) is 78.7 cm³/mol. The second-order valence-electron chi connectivity index (χ2n) is 3.58. The minimum Gasteiger partial charge on any atom is -0.336 e. The van der Waals surface area contributed by atoms with Gasteiger partial charge in [0.05, 0.1) is 0 Å². The zero-order valence-corrected chi connectivity index (χ0v) is 12.1. The molecular formula is C13H10ClN3O2S. The van der Waals surface area contributed by atoms with Crippen LogP contribution in [0.25, 0.3) is 0 Å². The van der Waals surface area contributed by atoms with Crippen LogP contribution < -0.4 is 4.84 Å². The third-order valence-corrected chi connectivity index (χ3v) is 3.05. The van der Waals surface area contributed by atoms with Crippen molar-refractivity contribution in [3.8, 4) is 5.88 Å². The number of halogens is 1. The molecular weight excluding hydrogens is 298 g/mol. The van der Waals surface area contributed by atoms with Crippen LogP contribution in [0.4, 0.5) is 0 Å². The van der Waals surface area contributed by atoms with E-state index in [0.29, 0.717) is 15.7 Å². The minimum atomic E-state index is -0.277. The van der Waals surface area contributed by atoms with Crippen molar-refractivity contribution < 1.29 is 9.63 Å². The van der Waals surface area contributed by atoms with Crippen molar-refractivity contribution in [2.45, 2.75) is 5.16 Å². The van der Waals surface area contributed by atoms with Crippen LogP contribution in [0.15, 0.2) is 46.8 Å². The lowest BCUT2D eigenvalue weighted by atomic mass is 10.1. The Bertz CT molecular complexity index is 632. The Labute approximate surface area is 125 Å². The average Bonchev–Trinajstić information content (AvgIpc) is 2.48. The summed E-state index contributed by atoms with van der Waals surface area (Å²) in [6, 6.07) is 8.07. The minimum absolute atomic E-state index is 0.277. The van der Waals surface area contributed by atoms with Crippen molar-refractivity contribution in [2.24, 2.45) is 5.16 Å². The van der Waals surface area contributed by atoms with Gasteiger partial charge in [-0.05, 0) is 30.5 Å². The van der Waals surface area contributed by atoms with Crippen molar-refractivity contribution in [1.29, 1.82) is 0 Å². The van der Waals surface area contributed by atoms with Crippen molar-refractivity contribution in [2.75, 3.05) is 6.26 Å². The first-order valence-corrected chi connectivity index (χ1v) is 7.16. The molecule has 5 nitrogen and oxygen atoms in total. The summed E-state index contributed by atoms with van der Waals surface area (Å²) in [5, 5.41) is 4.75. The summed E-state index contributed by atoms with van der Waals surface area (Å²) < 4.78 is 0. The molecule has 1 aromatic heterocycles. The van der Waals surface area contributed by atoms with Crippen molar-refractivity contribution >= 4 is 35.4 Å².